The minimum absolute atomic E-state index is 0.0180. The first-order chi connectivity index (χ1) is 8.06. The molecule has 0 aromatic heterocycles. The van der Waals surface area contributed by atoms with Crippen molar-refractivity contribution in [3.8, 4) is 0 Å². The lowest BCUT2D eigenvalue weighted by molar-refractivity contribution is -0.125. The van der Waals surface area contributed by atoms with Crippen LogP contribution in [0.4, 0.5) is 0 Å². The summed E-state index contributed by atoms with van der Waals surface area (Å²) in [6, 6.07) is 0.214. The van der Waals surface area contributed by atoms with Crippen molar-refractivity contribution >= 4 is 5.91 Å². The van der Waals surface area contributed by atoms with Crippen molar-refractivity contribution in [3.05, 3.63) is 0 Å². The summed E-state index contributed by atoms with van der Waals surface area (Å²) in [6.07, 6.45) is 3.29. The molecule has 4 nitrogen and oxygen atoms in total. The maximum atomic E-state index is 11.9. The number of amides is 1. The second kappa shape index (κ2) is 6.97. The first-order valence-electron chi connectivity index (χ1n) is 6.83. The third-order valence-electron chi connectivity index (χ3n) is 3.76. The molecule has 1 heterocycles. The number of nitrogens with zero attached hydrogens (tertiary/aromatic N) is 1. The van der Waals surface area contributed by atoms with Crippen LogP contribution >= 0.6 is 0 Å². The molecule has 17 heavy (non-hydrogen) atoms. The quantitative estimate of drug-likeness (QED) is 0.681. The molecule has 1 rings (SSSR count). The number of hydrogen-bond donors (Lipinski definition) is 2. The zero-order valence-corrected chi connectivity index (χ0v) is 11.4. The second-order valence-electron chi connectivity index (χ2n) is 5.22. The van der Waals surface area contributed by atoms with Gasteiger partial charge in [0.05, 0.1) is 6.04 Å². The van der Waals surface area contributed by atoms with Gasteiger partial charge in [0.2, 0.25) is 5.91 Å². The van der Waals surface area contributed by atoms with E-state index in [9.17, 15) is 4.79 Å². The molecule has 0 bridgehead atoms. The zero-order chi connectivity index (χ0) is 12.8. The molecule has 0 spiro atoms. The van der Waals surface area contributed by atoms with Gasteiger partial charge >= 0.3 is 0 Å². The maximum absolute atomic E-state index is 11.9. The van der Waals surface area contributed by atoms with Crippen molar-refractivity contribution in [1.82, 2.24) is 10.2 Å². The number of carbonyl (C=O) groups is 1. The Labute approximate surface area is 105 Å². The van der Waals surface area contributed by atoms with Gasteiger partial charge in [0.1, 0.15) is 0 Å². The average Bonchev–Trinajstić information content (AvgIpc) is 2.77. The van der Waals surface area contributed by atoms with Crippen LogP contribution in [0.15, 0.2) is 0 Å². The van der Waals surface area contributed by atoms with Crippen LogP contribution in [-0.2, 0) is 4.79 Å². The zero-order valence-electron chi connectivity index (χ0n) is 11.4. The number of nitrogens with two attached hydrogens (primary N) is 1. The average molecular weight is 241 g/mol. The maximum Gasteiger partial charge on any atom is 0.237 e. The van der Waals surface area contributed by atoms with E-state index in [1.807, 2.05) is 6.92 Å². The van der Waals surface area contributed by atoms with E-state index in [4.69, 9.17) is 5.73 Å². The molecule has 3 unspecified atom stereocenters. The molecule has 0 saturated carbocycles. The van der Waals surface area contributed by atoms with Crippen molar-refractivity contribution < 1.29 is 4.79 Å². The SMILES string of the molecule is CCCCNC(=O)C(C)N1CCC(C(C)N)C1. The van der Waals surface area contributed by atoms with E-state index in [-0.39, 0.29) is 18.0 Å². The molecular weight excluding hydrogens is 214 g/mol. The Bertz CT molecular complexity index is 243. The minimum Gasteiger partial charge on any atom is -0.355 e. The molecule has 4 heteroatoms. The number of likely N-dealkylation sites (tertiary alicyclic amines) is 1. The third-order valence-corrected chi connectivity index (χ3v) is 3.76. The van der Waals surface area contributed by atoms with Gasteiger partial charge in [-0.15, -0.1) is 0 Å². The van der Waals surface area contributed by atoms with Gasteiger partial charge < -0.3 is 11.1 Å². The Balaban J connectivity index is 2.32. The summed E-state index contributed by atoms with van der Waals surface area (Å²) in [5, 5.41) is 2.99. The molecule has 1 amide bonds. The number of hydrogen-bond acceptors (Lipinski definition) is 3. The summed E-state index contributed by atoms with van der Waals surface area (Å²) < 4.78 is 0. The van der Waals surface area contributed by atoms with Crippen molar-refractivity contribution in [3.63, 3.8) is 0 Å². The second-order valence-corrected chi connectivity index (χ2v) is 5.22. The van der Waals surface area contributed by atoms with E-state index in [1.54, 1.807) is 0 Å². The predicted octanol–water partition coefficient (Wildman–Crippen LogP) is 0.960. The van der Waals surface area contributed by atoms with Crippen molar-refractivity contribution in [1.29, 1.82) is 0 Å². The number of nitrogens with one attached hydrogen (secondary N) is 1. The highest BCUT2D eigenvalue weighted by atomic mass is 16.2. The molecule has 1 fully saturated rings. The van der Waals surface area contributed by atoms with Crippen LogP contribution in [0.1, 0.15) is 40.0 Å². The molecule has 0 radical (unpaired) electrons. The molecule has 3 atom stereocenters. The van der Waals surface area contributed by atoms with Crippen LogP contribution in [0, 0.1) is 5.92 Å². The van der Waals surface area contributed by atoms with Crippen LogP contribution in [0.3, 0.4) is 0 Å². The molecule has 1 aliphatic heterocycles. The smallest absolute Gasteiger partial charge is 0.237 e. The monoisotopic (exact) mass is 241 g/mol. The molecule has 100 valence electrons. The lowest BCUT2D eigenvalue weighted by atomic mass is 10.0. The van der Waals surface area contributed by atoms with Crippen LogP contribution in [0.5, 0.6) is 0 Å². The fourth-order valence-electron chi connectivity index (χ4n) is 2.30. The fraction of sp³-hybridized carbons (Fsp3) is 0.923. The van der Waals surface area contributed by atoms with Gasteiger partial charge in [-0.1, -0.05) is 13.3 Å². The Kier molecular flexibility index (Phi) is 5.92. The molecule has 0 aromatic rings. The first-order valence-corrected chi connectivity index (χ1v) is 6.83. The summed E-state index contributed by atoms with van der Waals surface area (Å²) in [5.74, 6) is 0.699. The highest BCUT2D eigenvalue weighted by Gasteiger charge is 2.30. The topological polar surface area (TPSA) is 58.4 Å². The standard InChI is InChI=1S/C13H27N3O/c1-4-5-7-15-13(17)11(3)16-8-6-12(9-16)10(2)14/h10-12H,4-9,14H2,1-3H3,(H,15,17). The van der Waals surface area contributed by atoms with Gasteiger partial charge in [0.15, 0.2) is 0 Å². The largest absolute Gasteiger partial charge is 0.355 e. The molecule has 0 aromatic carbocycles. The van der Waals surface area contributed by atoms with E-state index >= 15 is 0 Å². The number of carbonyl (C=O) groups excluding carboxylic acids is 1. The highest BCUT2D eigenvalue weighted by molar-refractivity contribution is 5.81. The molecule has 1 aliphatic rings. The molecular formula is C13H27N3O. The van der Waals surface area contributed by atoms with Crippen molar-refractivity contribution in [2.24, 2.45) is 11.7 Å². The normalized spacial score (nSPS) is 24.6. The van der Waals surface area contributed by atoms with E-state index < -0.39 is 0 Å². The van der Waals surface area contributed by atoms with Crippen LogP contribution in [-0.4, -0.2) is 42.5 Å². The Morgan fingerprint density at radius 2 is 2.24 bits per heavy atom. The van der Waals surface area contributed by atoms with E-state index in [0.717, 1.165) is 38.9 Å². The number of unbranched alkanes of at least 4 members (excludes halogenated alkanes) is 1. The Morgan fingerprint density at radius 3 is 2.76 bits per heavy atom. The Morgan fingerprint density at radius 1 is 1.53 bits per heavy atom. The molecule has 1 saturated heterocycles. The minimum atomic E-state index is -0.0180. The van der Waals surface area contributed by atoms with Gasteiger partial charge in [-0.3, -0.25) is 9.69 Å². The molecule has 0 aliphatic carbocycles. The van der Waals surface area contributed by atoms with Crippen LogP contribution < -0.4 is 11.1 Å². The van der Waals surface area contributed by atoms with Gasteiger partial charge in [-0.05, 0) is 39.2 Å². The highest BCUT2D eigenvalue weighted by Crippen LogP contribution is 2.20. The summed E-state index contributed by atoms with van der Waals surface area (Å²) >= 11 is 0. The van der Waals surface area contributed by atoms with Gasteiger partial charge in [0.25, 0.3) is 0 Å². The van der Waals surface area contributed by atoms with E-state index in [0.29, 0.717) is 5.92 Å². The first kappa shape index (κ1) is 14.5. The van der Waals surface area contributed by atoms with E-state index in [2.05, 4.69) is 24.1 Å². The fourth-order valence-corrected chi connectivity index (χ4v) is 2.30. The summed E-state index contributed by atoms with van der Waals surface area (Å²) in [6.45, 7) is 8.92. The lowest BCUT2D eigenvalue weighted by Gasteiger charge is -2.24. The summed E-state index contributed by atoms with van der Waals surface area (Å²) in [5.41, 5.74) is 5.91. The molecule has 3 N–H and O–H groups in total. The predicted molar refractivity (Wildman–Crippen MR) is 70.7 cm³/mol. The Hall–Kier alpha value is -0.610. The van der Waals surface area contributed by atoms with Crippen molar-refractivity contribution in [2.45, 2.75) is 52.1 Å². The third kappa shape index (κ3) is 4.28. The summed E-state index contributed by atoms with van der Waals surface area (Å²) in [4.78, 5) is 14.1. The van der Waals surface area contributed by atoms with Gasteiger partial charge in [-0.25, -0.2) is 0 Å². The lowest BCUT2D eigenvalue weighted by Crippen LogP contribution is -2.45. The summed E-state index contributed by atoms with van der Waals surface area (Å²) in [7, 11) is 0. The van der Waals surface area contributed by atoms with Gasteiger partial charge in [-0.2, -0.15) is 0 Å². The van der Waals surface area contributed by atoms with Crippen LogP contribution in [0.25, 0.3) is 0 Å². The number of rotatable bonds is 6. The van der Waals surface area contributed by atoms with Crippen LogP contribution in [0.2, 0.25) is 0 Å². The van der Waals surface area contributed by atoms with Gasteiger partial charge in [0, 0.05) is 19.1 Å². The van der Waals surface area contributed by atoms with Crippen molar-refractivity contribution in [2.75, 3.05) is 19.6 Å². The van der Waals surface area contributed by atoms with E-state index in [1.165, 1.54) is 0 Å².